The number of nitrogens with one attached hydrogen (secondary N) is 1. The molecule has 122 valence electrons. The molecule has 0 radical (unpaired) electrons. The predicted molar refractivity (Wildman–Crippen MR) is 94.1 cm³/mol. The van der Waals surface area contributed by atoms with Crippen LogP contribution in [0.5, 0.6) is 0 Å². The first-order chi connectivity index (χ1) is 11.6. The quantitative estimate of drug-likeness (QED) is 0.571. The summed E-state index contributed by atoms with van der Waals surface area (Å²) in [4.78, 5) is 31.8. The molecule has 0 unspecified atom stereocenters. The number of rotatable bonds is 5. The first-order valence-electron chi connectivity index (χ1n) is 7.45. The van der Waals surface area contributed by atoms with Crippen LogP contribution in [-0.2, 0) is 16.1 Å². The third-order valence-corrected chi connectivity index (χ3v) is 4.62. The van der Waals surface area contributed by atoms with Gasteiger partial charge in [0.25, 0.3) is 5.56 Å². The van der Waals surface area contributed by atoms with Gasteiger partial charge in [-0.3, -0.25) is 9.59 Å². The molecule has 0 saturated heterocycles. The molecule has 6 heteroatoms. The van der Waals surface area contributed by atoms with Crippen molar-refractivity contribution in [2.24, 2.45) is 0 Å². The Morgan fingerprint density at radius 3 is 2.75 bits per heavy atom. The van der Waals surface area contributed by atoms with Gasteiger partial charge in [-0.05, 0) is 30.7 Å². The maximum Gasteiger partial charge on any atom is 0.316 e. The van der Waals surface area contributed by atoms with Gasteiger partial charge < -0.3 is 9.72 Å². The highest BCUT2D eigenvalue weighted by Gasteiger charge is 2.08. The van der Waals surface area contributed by atoms with Gasteiger partial charge in [0.1, 0.15) is 12.4 Å². The highest BCUT2D eigenvalue weighted by molar-refractivity contribution is 8.00. The van der Waals surface area contributed by atoms with Crippen LogP contribution in [0.15, 0.2) is 58.2 Å². The van der Waals surface area contributed by atoms with Gasteiger partial charge in [0.15, 0.2) is 0 Å². The van der Waals surface area contributed by atoms with E-state index >= 15 is 0 Å². The number of hydrogen-bond donors (Lipinski definition) is 1. The summed E-state index contributed by atoms with van der Waals surface area (Å²) in [5.74, 6) is 0.204. The second kappa shape index (κ2) is 7.31. The smallest absolute Gasteiger partial charge is 0.316 e. The fourth-order valence-electron chi connectivity index (χ4n) is 2.25. The zero-order valence-electron chi connectivity index (χ0n) is 13.1. The van der Waals surface area contributed by atoms with Crippen molar-refractivity contribution >= 4 is 28.6 Å². The molecule has 24 heavy (non-hydrogen) atoms. The summed E-state index contributed by atoms with van der Waals surface area (Å²) in [6.45, 7) is 1.95. The number of carbonyl (C=O) groups excluding carboxylic acids is 1. The number of thioether (sulfide) groups is 1. The van der Waals surface area contributed by atoms with Crippen molar-refractivity contribution < 1.29 is 9.53 Å². The first kappa shape index (κ1) is 16.3. The summed E-state index contributed by atoms with van der Waals surface area (Å²) in [6.07, 6.45) is 0. The van der Waals surface area contributed by atoms with Gasteiger partial charge in [-0.1, -0.05) is 30.3 Å². The van der Waals surface area contributed by atoms with Crippen LogP contribution in [0.3, 0.4) is 0 Å². The Morgan fingerprint density at radius 2 is 1.92 bits per heavy atom. The molecule has 0 amide bonds. The van der Waals surface area contributed by atoms with Crippen LogP contribution in [0.4, 0.5) is 0 Å². The van der Waals surface area contributed by atoms with Gasteiger partial charge in [0.05, 0.1) is 16.7 Å². The van der Waals surface area contributed by atoms with E-state index in [1.807, 2.05) is 37.3 Å². The van der Waals surface area contributed by atoms with E-state index in [-0.39, 0.29) is 23.9 Å². The average Bonchev–Trinajstić information content (AvgIpc) is 2.59. The molecular formula is C18H16N2O3S. The predicted octanol–water partition coefficient (Wildman–Crippen LogP) is 3.07. The molecular weight excluding hydrogens is 324 g/mol. The minimum Gasteiger partial charge on any atom is -0.457 e. The molecule has 1 heterocycles. The largest absolute Gasteiger partial charge is 0.457 e. The molecule has 0 saturated carbocycles. The number of fused-ring (bicyclic) bond motifs is 1. The van der Waals surface area contributed by atoms with Crippen molar-refractivity contribution in [2.45, 2.75) is 18.4 Å². The topological polar surface area (TPSA) is 72.0 Å². The van der Waals surface area contributed by atoms with Crippen LogP contribution in [-0.4, -0.2) is 21.7 Å². The number of esters is 1. The summed E-state index contributed by atoms with van der Waals surface area (Å²) in [7, 11) is 0. The number of H-pyrrole nitrogens is 1. The normalized spacial score (nSPS) is 10.7. The standard InChI is InChI=1S/C18H16N2O3S/c1-12-6-2-5-9-15(12)24-11-17(21)23-10-16-19-14-8-4-3-7-13(14)18(22)20-16/h2-9H,10-11H2,1H3,(H,19,20,22). The van der Waals surface area contributed by atoms with Crippen molar-refractivity contribution in [3.05, 3.63) is 70.3 Å². The second-order valence-electron chi connectivity index (χ2n) is 5.24. The Hall–Kier alpha value is -2.60. The molecule has 3 aromatic rings. The van der Waals surface area contributed by atoms with Crippen molar-refractivity contribution in [1.29, 1.82) is 0 Å². The van der Waals surface area contributed by atoms with Crippen LogP contribution < -0.4 is 5.56 Å². The zero-order valence-corrected chi connectivity index (χ0v) is 13.9. The number of ether oxygens (including phenoxy) is 1. The minimum absolute atomic E-state index is 0.0484. The van der Waals surface area contributed by atoms with Gasteiger partial charge >= 0.3 is 5.97 Å². The number of carbonyl (C=O) groups is 1. The third kappa shape index (κ3) is 3.83. The lowest BCUT2D eigenvalue weighted by molar-refractivity contribution is -0.141. The summed E-state index contributed by atoms with van der Waals surface area (Å²) in [5.41, 5.74) is 1.47. The number of benzene rings is 2. The van der Waals surface area contributed by atoms with E-state index in [0.29, 0.717) is 16.7 Å². The van der Waals surface area contributed by atoms with Crippen LogP contribution >= 0.6 is 11.8 Å². The Kier molecular flexibility index (Phi) is 4.96. The number of hydrogen-bond acceptors (Lipinski definition) is 5. The van der Waals surface area contributed by atoms with Crippen LogP contribution in [0.2, 0.25) is 0 Å². The summed E-state index contributed by atoms with van der Waals surface area (Å²) in [6, 6.07) is 14.9. The molecule has 0 aliphatic rings. The molecule has 0 atom stereocenters. The van der Waals surface area contributed by atoms with Gasteiger partial charge in [0.2, 0.25) is 0 Å². The Balaban J connectivity index is 1.60. The number of para-hydroxylation sites is 1. The monoisotopic (exact) mass is 340 g/mol. The van der Waals surface area contributed by atoms with E-state index in [4.69, 9.17) is 4.74 Å². The fraction of sp³-hybridized carbons (Fsp3) is 0.167. The molecule has 0 spiro atoms. The average molecular weight is 340 g/mol. The van der Waals surface area contributed by atoms with Gasteiger partial charge in [-0.15, -0.1) is 11.8 Å². The van der Waals surface area contributed by atoms with Crippen LogP contribution in [0.1, 0.15) is 11.4 Å². The van der Waals surface area contributed by atoms with E-state index in [1.54, 1.807) is 18.2 Å². The molecule has 0 fully saturated rings. The number of aryl methyl sites for hydroxylation is 1. The van der Waals surface area contributed by atoms with Crippen molar-refractivity contribution in [3.63, 3.8) is 0 Å². The molecule has 1 aromatic heterocycles. The molecule has 0 aliphatic carbocycles. The molecule has 0 bridgehead atoms. The Labute approximate surface area is 143 Å². The summed E-state index contributed by atoms with van der Waals surface area (Å²) in [5, 5.41) is 0.516. The molecule has 3 rings (SSSR count). The second-order valence-corrected chi connectivity index (χ2v) is 6.26. The van der Waals surface area contributed by atoms with Crippen molar-refractivity contribution in [1.82, 2.24) is 9.97 Å². The highest BCUT2D eigenvalue weighted by atomic mass is 32.2. The van der Waals surface area contributed by atoms with Gasteiger partial charge in [0, 0.05) is 4.90 Å². The first-order valence-corrected chi connectivity index (χ1v) is 8.44. The minimum atomic E-state index is -0.348. The maximum absolute atomic E-state index is 12.0. The lowest BCUT2D eigenvalue weighted by Gasteiger charge is -2.06. The lowest BCUT2D eigenvalue weighted by atomic mass is 10.2. The zero-order chi connectivity index (χ0) is 16.9. The number of aromatic amines is 1. The van der Waals surface area contributed by atoms with Crippen LogP contribution in [0.25, 0.3) is 10.9 Å². The number of nitrogens with zero attached hydrogens (tertiary/aromatic N) is 1. The van der Waals surface area contributed by atoms with Gasteiger partial charge in [-0.25, -0.2) is 4.98 Å². The Morgan fingerprint density at radius 1 is 1.17 bits per heavy atom. The van der Waals surface area contributed by atoms with Gasteiger partial charge in [-0.2, -0.15) is 0 Å². The maximum atomic E-state index is 12.0. The van der Waals surface area contributed by atoms with E-state index < -0.39 is 0 Å². The van der Waals surface area contributed by atoms with E-state index in [9.17, 15) is 9.59 Å². The summed E-state index contributed by atoms with van der Waals surface area (Å²) < 4.78 is 5.20. The summed E-state index contributed by atoms with van der Waals surface area (Å²) >= 11 is 1.43. The van der Waals surface area contributed by atoms with E-state index in [1.165, 1.54) is 11.8 Å². The van der Waals surface area contributed by atoms with E-state index in [0.717, 1.165) is 10.5 Å². The fourth-order valence-corrected chi connectivity index (χ4v) is 3.08. The lowest BCUT2D eigenvalue weighted by Crippen LogP contribution is -2.15. The number of aromatic nitrogens is 2. The van der Waals surface area contributed by atoms with Crippen molar-refractivity contribution in [3.8, 4) is 0 Å². The van der Waals surface area contributed by atoms with E-state index in [2.05, 4.69) is 9.97 Å². The SMILES string of the molecule is Cc1ccccc1SCC(=O)OCc1nc2ccccc2c(=O)[nH]1. The Bertz CT molecular complexity index is 937. The third-order valence-electron chi connectivity index (χ3n) is 3.47. The molecule has 0 aliphatic heterocycles. The molecule has 5 nitrogen and oxygen atoms in total. The van der Waals surface area contributed by atoms with Crippen LogP contribution in [0, 0.1) is 6.92 Å². The van der Waals surface area contributed by atoms with Crippen molar-refractivity contribution in [2.75, 3.05) is 5.75 Å². The highest BCUT2D eigenvalue weighted by Crippen LogP contribution is 2.21. The molecule has 1 N–H and O–H groups in total. The molecule has 2 aromatic carbocycles.